The molecule has 276 valence electrons. The summed E-state index contributed by atoms with van der Waals surface area (Å²) < 4.78 is 13.5. The van der Waals surface area contributed by atoms with E-state index in [0.717, 1.165) is 45.8 Å². The molecule has 0 radical (unpaired) electrons. The smallest absolute Gasteiger partial charge is 0.262 e. The Morgan fingerprint density at radius 1 is 0.925 bits per heavy atom. The molecular formula is C39H43N7O7. The second-order valence-corrected chi connectivity index (χ2v) is 14.2. The molecule has 2 aromatic heterocycles. The Kier molecular flexibility index (Phi) is 9.51. The molecule has 14 nitrogen and oxygen atoms in total. The van der Waals surface area contributed by atoms with Crippen LogP contribution in [0.15, 0.2) is 53.6 Å². The van der Waals surface area contributed by atoms with E-state index in [1.807, 2.05) is 56.5 Å². The largest absolute Gasteiger partial charge is 0.496 e. The number of hydrogen-bond acceptors (Lipinski definition) is 11. The number of likely N-dealkylation sites (tertiary alicyclic amines) is 1. The summed E-state index contributed by atoms with van der Waals surface area (Å²) in [5.41, 5.74) is 3.78. The van der Waals surface area contributed by atoms with Gasteiger partial charge in [-0.25, -0.2) is 4.98 Å². The van der Waals surface area contributed by atoms with Crippen molar-refractivity contribution in [2.24, 2.45) is 7.05 Å². The maximum Gasteiger partial charge on any atom is 0.262 e. The zero-order valence-electron chi connectivity index (χ0n) is 30.8. The molecule has 14 heteroatoms. The van der Waals surface area contributed by atoms with E-state index in [9.17, 15) is 24.0 Å². The van der Waals surface area contributed by atoms with Crippen LogP contribution in [0, 0.1) is 0 Å². The van der Waals surface area contributed by atoms with Crippen molar-refractivity contribution >= 4 is 40.2 Å². The normalized spacial score (nSPS) is 18.7. The summed E-state index contributed by atoms with van der Waals surface area (Å²) in [7, 11) is 10.8. The van der Waals surface area contributed by atoms with E-state index in [1.54, 1.807) is 44.2 Å². The summed E-state index contributed by atoms with van der Waals surface area (Å²) in [5.74, 6) is 0.0359. The number of imide groups is 2. The Balaban J connectivity index is 1.09. The van der Waals surface area contributed by atoms with E-state index < -0.39 is 29.7 Å². The van der Waals surface area contributed by atoms with Gasteiger partial charge in [0.1, 0.15) is 23.4 Å². The topological polar surface area (TPSA) is 147 Å². The Hall–Kier alpha value is -5.60. The summed E-state index contributed by atoms with van der Waals surface area (Å²) >= 11 is 0. The van der Waals surface area contributed by atoms with Crippen LogP contribution in [0.5, 0.6) is 11.5 Å². The monoisotopic (exact) mass is 721 g/mol. The number of ether oxygens (including phenoxy) is 2. The number of nitrogens with one attached hydrogen (secondary N) is 1. The second kappa shape index (κ2) is 14.1. The molecule has 2 atom stereocenters. The fourth-order valence-electron chi connectivity index (χ4n) is 7.66. The minimum absolute atomic E-state index is 0.0707. The molecule has 4 amide bonds. The highest BCUT2D eigenvalue weighted by Gasteiger charge is 2.45. The molecule has 53 heavy (non-hydrogen) atoms. The zero-order chi connectivity index (χ0) is 37.7. The molecule has 1 N–H and O–H groups in total. The number of benzene rings is 2. The van der Waals surface area contributed by atoms with Gasteiger partial charge in [0.05, 0.1) is 36.3 Å². The molecule has 0 aliphatic carbocycles. The van der Waals surface area contributed by atoms with Gasteiger partial charge in [0.2, 0.25) is 11.8 Å². The molecule has 2 saturated heterocycles. The molecule has 0 spiro atoms. The van der Waals surface area contributed by atoms with Crippen LogP contribution in [-0.2, 0) is 29.7 Å². The van der Waals surface area contributed by atoms with Gasteiger partial charge in [0, 0.05) is 83.1 Å². The van der Waals surface area contributed by atoms with Crippen LogP contribution >= 0.6 is 0 Å². The van der Waals surface area contributed by atoms with Crippen molar-refractivity contribution in [1.82, 2.24) is 29.6 Å². The molecule has 3 aliphatic heterocycles. The molecular weight excluding hydrogens is 678 g/mol. The van der Waals surface area contributed by atoms with Crippen LogP contribution in [0.4, 0.5) is 5.82 Å². The van der Waals surface area contributed by atoms with Crippen molar-refractivity contribution < 1.29 is 28.7 Å². The number of likely N-dealkylation sites (N-methyl/N-ethyl adjacent to an activating group) is 1. The quantitative estimate of drug-likeness (QED) is 0.228. The summed E-state index contributed by atoms with van der Waals surface area (Å²) in [6.45, 7) is 2.60. The van der Waals surface area contributed by atoms with E-state index >= 15 is 0 Å². The van der Waals surface area contributed by atoms with E-state index in [-0.39, 0.29) is 30.0 Å². The first kappa shape index (κ1) is 35.8. The van der Waals surface area contributed by atoms with Crippen LogP contribution in [0.1, 0.15) is 51.1 Å². The fraction of sp³-hybridized carbons (Fsp3) is 0.385. The molecule has 0 bridgehead atoms. The van der Waals surface area contributed by atoms with Crippen LogP contribution in [0.3, 0.4) is 0 Å². The highest BCUT2D eigenvalue weighted by molar-refractivity contribution is 6.24. The summed E-state index contributed by atoms with van der Waals surface area (Å²) in [6, 6.07) is 10.3. The third-order valence-electron chi connectivity index (χ3n) is 10.6. The van der Waals surface area contributed by atoms with Gasteiger partial charge in [-0.2, -0.15) is 0 Å². The van der Waals surface area contributed by atoms with Gasteiger partial charge in [0.25, 0.3) is 17.4 Å². The van der Waals surface area contributed by atoms with Gasteiger partial charge in [-0.15, -0.1) is 0 Å². The van der Waals surface area contributed by atoms with Crippen molar-refractivity contribution in [1.29, 1.82) is 0 Å². The molecule has 3 aliphatic rings. The number of pyridine rings is 2. The van der Waals surface area contributed by atoms with E-state index in [2.05, 4.69) is 20.1 Å². The number of nitrogens with zero attached hydrogens (tertiary/aromatic N) is 6. The van der Waals surface area contributed by atoms with E-state index in [0.29, 0.717) is 47.6 Å². The summed E-state index contributed by atoms with van der Waals surface area (Å²) in [5, 5.41) is 3.56. The maximum atomic E-state index is 13.6. The number of methoxy groups -OCH3 is 2. The standard InChI is InChI=1S/C39H43N7O7/c1-42(2)33-16-26-27(17-40-33)37(49)44(4)20-28(26)23-14-31(52-5)29(32(15-23)53-6)21-45-13-12-24(45)19-43(3)18-22-8-7-9-25-35(22)39(51)46(38(25)50)30-10-11-34(47)41-36(30)48/h7-9,14-17,20,24,30H,10-13,18-19,21H2,1-6H3,(H,41,47,48)/t24-,30?/m0/s1. The summed E-state index contributed by atoms with van der Waals surface area (Å²) in [4.78, 5) is 76.1. The molecule has 0 saturated carbocycles. The Morgan fingerprint density at radius 2 is 1.66 bits per heavy atom. The van der Waals surface area contributed by atoms with Crippen LogP contribution in [0.25, 0.3) is 21.9 Å². The number of carbonyl (C=O) groups is 4. The first-order valence-corrected chi connectivity index (χ1v) is 17.6. The molecule has 2 aromatic carbocycles. The van der Waals surface area contributed by atoms with Gasteiger partial charge in [0.15, 0.2) is 0 Å². The second-order valence-electron chi connectivity index (χ2n) is 14.2. The molecule has 2 fully saturated rings. The number of aromatic nitrogens is 2. The lowest BCUT2D eigenvalue weighted by Gasteiger charge is -2.43. The minimum atomic E-state index is -1.01. The van der Waals surface area contributed by atoms with Crippen molar-refractivity contribution in [2.75, 3.05) is 53.4 Å². The van der Waals surface area contributed by atoms with E-state index in [1.165, 1.54) is 0 Å². The SMILES string of the molecule is COc1cc(-c2cn(C)c(=O)c3cnc(N(C)C)cc23)cc(OC)c1CN1CC[C@H]1CN(C)Cc1cccc2c1C(=O)N(C1CCC(=O)NC1=O)C2=O. The highest BCUT2D eigenvalue weighted by Crippen LogP contribution is 2.39. The maximum absolute atomic E-state index is 13.6. The molecule has 4 aromatic rings. The van der Waals surface area contributed by atoms with Gasteiger partial charge in [-0.05, 0) is 55.3 Å². The van der Waals surface area contributed by atoms with Crippen LogP contribution in [-0.4, -0.2) is 108 Å². The lowest BCUT2D eigenvalue weighted by atomic mass is 9.96. The van der Waals surface area contributed by atoms with Crippen molar-refractivity contribution in [3.8, 4) is 22.6 Å². The van der Waals surface area contributed by atoms with Gasteiger partial charge in [-0.3, -0.25) is 39.1 Å². The van der Waals surface area contributed by atoms with Crippen molar-refractivity contribution in [3.05, 3.63) is 81.4 Å². The zero-order valence-corrected chi connectivity index (χ0v) is 30.8. The molecule has 1 unspecified atom stereocenters. The third-order valence-corrected chi connectivity index (χ3v) is 10.6. The number of fused-ring (bicyclic) bond motifs is 2. The number of aryl methyl sites for hydroxylation is 1. The van der Waals surface area contributed by atoms with Crippen molar-refractivity contribution in [3.63, 3.8) is 0 Å². The van der Waals surface area contributed by atoms with Gasteiger partial charge >= 0.3 is 0 Å². The lowest BCUT2D eigenvalue weighted by molar-refractivity contribution is -0.136. The fourth-order valence-corrected chi connectivity index (χ4v) is 7.66. The average Bonchev–Trinajstić information content (AvgIpc) is 3.39. The number of hydrogen-bond donors (Lipinski definition) is 1. The van der Waals surface area contributed by atoms with Gasteiger partial charge < -0.3 is 23.8 Å². The molecule has 7 rings (SSSR count). The predicted molar refractivity (Wildman–Crippen MR) is 198 cm³/mol. The molecule has 5 heterocycles. The Bertz CT molecular complexity index is 2210. The number of rotatable bonds is 11. The first-order valence-electron chi connectivity index (χ1n) is 17.6. The number of anilines is 1. The third kappa shape index (κ3) is 6.42. The Morgan fingerprint density at radius 3 is 2.30 bits per heavy atom. The average molecular weight is 722 g/mol. The number of amides is 4. The predicted octanol–water partition coefficient (Wildman–Crippen LogP) is 2.79. The minimum Gasteiger partial charge on any atom is -0.496 e. The number of piperidine rings is 1. The van der Waals surface area contributed by atoms with Crippen LogP contribution < -0.4 is 25.2 Å². The lowest BCUT2D eigenvalue weighted by Crippen LogP contribution is -2.54. The van der Waals surface area contributed by atoms with Crippen LogP contribution in [0.2, 0.25) is 0 Å². The van der Waals surface area contributed by atoms with Gasteiger partial charge in [-0.1, -0.05) is 12.1 Å². The van der Waals surface area contributed by atoms with Crippen molar-refractivity contribution in [2.45, 2.75) is 44.4 Å². The van der Waals surface area contributed by atoms with E-state index in [4.69, 9.17) is 9.47 Å². The summed E-state index contributed by atoms with van der Waals surface area (Å²) in [6.07, 6.45) is 4.62. The first-order chi connectivity index (χ1) is 25.4. The Labute approximate surface area is 306 Å². The highest BCUT2D eigenvalue weighted by atomic mass is 16.5. The number of carbonyl (C=O) groups excluding carboxylic acids is 4.